The first-order chi connectivity index (χ1) is 12.0. The molecule has 144 valence electrons. The van der Waals surface area contributed by atoms with Crippen molar-refractivity contribution in [3.8, 4) is 5.75 Å². The number of nitrogens with one attached hydrogen (secondary N) is 2. The number of alkyl halides is 3. The first-order valence-corrected chi connectivity index (χ1v) is 7.64. The monoisotopic (exact) mass is 376 g/mol. The van der Waals surface area contributed by atoms with Gasteiger partial charge in [0.05, 0.1) is 12.1 Å². The van der Waals surface area contributed by atoms with Gasteiger partial charge in [0, 0.05) is 0 Å². The van der Waals surface area contributed by atoms with Crippen LogP contribution >= 0.6 is 0 Å². The summed E-state index contributed by atoms with van der Waals surface area (Å²) in [4.78, 5) is 34.9. The van der Waals surface area contributed by atoms with Crippen LogP contribution in [-0.4, -0.2) is 41.8 Å². The Bertz CT molecular complexity index is 662. The summed E-state index contributed by atoms with van der Waals surface area (Å²) in [5.41, 5.74) is -0.408. The highest BCUT2D eigenvalue weighted by Gasteiger charge is 2.33. The average Bonchev–Trinajstić information content (AvgIpc) is 2.50. The van der Waals surface area contributed by atoms with Gasteiger partial charge in [-0.25, -0.2) is 4.79 Å². The van der Waals surface area contributed by atoms with Crippen molar-refractivity contribution >= 4 is 17.8 Å². The number of para-hydroxylation sites is 1. The fourth-order valence-corrected chi connectivity index (χ4v) is 2.06. The van der Waals surface area contributed by atoms with Crippen LogP contribution in [-0.2, 0) is 9.59 Å². The number of ether oxygens (including phenoxy) is 1. The Balaban J connectivity index is 2.69. The second-order valence-corrected chi connectivity index (χ2v) is 5.81. The van der Waals surface area contributed by atoms with Gasteiger partial charge in [0.25, 0.3) is 5.91 Å². The van der Waals surface area contributed by atoms with Crippen LogP contribution in [0.25, 0.3) is 0 Å². The van der Waals surface area contributed by atoms with Gasteiger partial charge in [-0.3, -0.25) is 9.59 Å². The maximum Gasteiger partial charge on any atom is 0.573 e. The third-order valence-corrected chi connectivity index (χ3v) is 3.11. The van der Waals surface area contributed by atoms with Gasteiger partial charge < -0.3 is 20.5 Å². The van der Waals surface area contributed by atoms with Crippen LogP contribution in [0.1, 0.15) is 30.6 Å². The number of hydrogen-bond acceptors (Lipinski definition) is 4. The molecule has 0 aliphatic carbocycles. The zero-order chi connectivity index (χ0) is 19.9. The predicted molar refractivity (Wildman–Crippen MR) is 84.5 cm³/mol. The number of carbonyl (C=O) groups excluding carboxylic acids is 2. The Hall–Kier alpha value is -2.78. The van der Waals surface area contributed by atoms with Crippen LogP contribution in [0.2, 0.25) is 0 Å². The maximum absolute atomic E-state index is 12.3. The van der Waals surface area contributed by atoms with Crippen LogP contribution in [0.15, 0.2) is 24.3 Å². The first-order valence-electron chi connectivity index (χ1n) is 7.64. The van der Waals surface area contributed by atoms with Crippen molar-refractivity contribution in [2.45, 2.75) is 32.7 Å². The molecular formula is C16H19F3N2O5. The van der Waals surface area contributed by atoms with Crippen LogP contribution in [0.4, 0.5) is 13.2 Å². The molecule has 1 aromatic rings. The van der Waals surface area contributed by atoms with Crippen LogP contribution in [0, 0.1) is 5.92 Å². The fraction of sp³-hybridized carbons (Fsp3) is 0.438. The lowest BCUT2D eigenvalue weighted by atomic mass is 10.0. The molecule has 0 saturated heterocycles. The molecule has 0 aromatic heterocycles. The van der Waals surface area contributed by atoms with E-state index < -0.39 is 48.0 Å². The lowest BCUT2D eigenvalue weighted by Gasteiger charge is -2.17. The number of aliphatic carboxylic acids is 1. The van der Waals surface area contributed by atoms with E-state index in [2.05, 4.69) is 15.4 Å². The summed E-state index contributed by atoms with van der Waals surface area (Å²) < 4.78 is 40.8. The van der Waals surface area contributed by atoms with Gasteiger partial charge in [-0.05, 0) is 24.5 Å². The maximum atomic E-state index is 12.3. The zero-order valence-electron chi connectivity index (χ0n) is 14.1. The molecule has 26 heavy (non-hydrogen) atoms. The molecule has 2 amide bonds. The molecule has 0 spiro atoms. The number of carbonyl (C=O) groups is 3. The number of amides is 2. The minimum Gasteiger partial charge on any atom is -0.480 e. The highest BCUT2D eigenvalue weighted by atomic mass is 19.4. The molecular weight excluding hydrogens is 357 g/mol. The van der Waals surface area contributed by atoms with Crippen molar-refractivity contribution in [3.05, 3.63) is 29.8 Å². The van der Waals surface area contributed by atoms with E-state index in [1.807, 2.05) is 0 Å². The minimum atomic E-state index is -4.97. The van der Waals surface area contributed by atoms with Crippen LogP contribution in [0.5, 0.6) is 5.75 Å². The smallest absolute Gasteiger partial charge is 0.480 e. The summed E-state index contributed by atoms with van der Waals surface area (Å²) in [6.07, 6.45) is -4.78. The molecule has 1 atom stereocenters. The van der Waals surface area contributed by atoms with Crippen LogP contribution in [0.3, 0.4) is 0 Å². The van der Waals surface area contributed by atoms with Crippen molar-refractivity contribution < 1.29 is 37.4 Å². The topological polar surface area (TPSA) is 105 Å². The quantitative estimate of drug-likeness (QED) is 0.643. The highest BCUT2D eigenvalue weighted by Crippen LogP contribution is 2.26. The van der Waals surface area contributed by atoms with Crippen molar-refractivity contribution in [2.75, 3.05) is 6.54 Å². The average molecular weight is 376 g/mol. The summed E-state index contributed by atoms with van der Waals surface area (Å²) in [5, 5.41) is 13.4. The largest absolute Gasteiger partial charge is 0.573 e. The summed E-state index contributed by atoms with van der Waals surface area (Å²) in [5.74, 6) is -3.66. The van der Waals surface area contributed by atoms with Gasteiger partial charge in [-0.1, -0.05) is 26.0 Å². The van der Waals surface area contributed by atoms with E-state index in [9.17, 15) is 27.6 Å². The summed E-state index contributed by atoms with van der Waals surface area (Å²) in [7, 11) is 0. The van der Waals surface area contributed by atoms with Gasteiger partial charge in [-0.2, -0.15) is 0 Å². The standard InChI is InChI=1S/C16H19F3N2O5/c1-9(2)7-11(15(24)25)21-13(22)8-20-14(23)10-5-3-4-6-12(10)26-16(17,18)19/h3-6,9,11H,7-8H2,1-2H3,(H,20,23)(H,21,22)(H,24,25)/t11-/m0/s1. The van der Waals surface area contributed by atoms with E-state index in [1.54, 1.807) is 13.8 Å². The fourth-order valence-electron chi connectivity index (χ4n) is 2.06. The molecule has 1 aromatic carbocycles. The van der Waals surface area contributed by atoms with E-state index in [1.165, 1.54) is 12.1 Å². The normalized spacial score (nSPS) is 12.4. The SMILES string of the molecule is CC(C)C[C@H](NC(=O)CNC(=O)c1ccccc1OC(F)(F)F)C(=O)O. The molecule has 1 rings (SSSR count). The third-order valence-electron chi connectivity index (χ3n) is 3.11. The Labute approximate surface area is 147 Å². The highest BCUT2D eigenvalue weighted by molar-refractivity contribution is 5.99. The molecule has 0 radical (unpaired) electrons. The summed E-state index contributed by atoms with van der Waals surface area (Å²) in [6, 6.07) is 3.54. The molecule has 10 heteroatoms. The molecule has 0 aliphatic rings. The molecule has 0 heterocycles. The molecule has 3 N–H and O–H groups in total. The second kappa shape index (κ2) is 9.07. The Morgan fingerprint density at radius 1 is 1.19 bits per heavy atom. The van der Waals surface area contributed by atoms with E-state index >= 15 is 0 Å². The van der Waals surface area contributed by atoms with Crippen molar-refractivity contribution in [3.63, 3.8) is 0 Å². The number of benzene rings is 1. The number of carboxylic acids is 1. The van der Waals surface area contributed by atoms with E-state index in [0.717, 1.165) is 12.1 Å². The summed E-state index contributed by atoms with van der Waals surface area (Å²) >= 11 is 0. The van der Waals surface area contributed by atoms with E-state index in [-0.39, 0.29) is 12.3 Å². The zero-order valence-corrected chi connectivity index (χ0v) is 14.1. The van der Waals surface area contributed by atoms with E-state index in [0.29, 0.717) is 0 Å². The van der Waals surface area contributed by atoms with E-state index in [4.69, 9.17) is 5.11 Å². The molecule has 0 saturated carbocycles. The van der Waals surface area contributed by atoms with Crippen molar-refractivity contribution in [2.24, 2.45) is 5.92 Å². The molecule has 0 aliphatic heterocycles. The predicted octanol–water partition coefficient (Wildman–Crippen LogP) is 1.93. The number of carboxylic acid groups (broad SMARTS) is 1. The van der Waals surface area contributed by atoms with Gasteiger partial charge in [0.1, 0.15) is 11.8 Å². The number of halogens is 3. The Morgan fingerprint density at radius 3 is 2.35 bits per heavy atom. The number of hydrogen-bond donors (Lipinski definition) is 3. The van der Waals surface area contributed by atoms with Crippen molar-refractivity contribution in [1.29, 1.82) is 0 Å². The first kappa shape index (κ1) is 21.3. The Morgan fingerprint density at radius 2 is 1.81 bits per heavy atom. The van der Waals surface area contributed by atoms with Crippen molar-refractivity contribution in [1.82, 2.24) is 10.6 Å². The molecule has 7 nitrogen and oxygen atoms in total. The van der Waals surface area contributed by atoms with Crippen LogP contribution < -0.4 is 15.4 Å². The Kier molecular flexibility index (Phi) is 7.41. The molecule has 0 bridgehead atoms. The molecule has 0 unspecified atom stereocenters. The van der Waals surface area contributed by atoms with Gasteiger partial charge in [0.2, 0.25) is 5.91 Å². The summed E-state index contributed by atoms with van der Waals surface area (Å²) in [6.45, 7) is 2.96. The number of rotatable bonds is 8. The third kappa shape index (κ3) is 7.41. The molecule has 0 fully saturated rings. The van der Waals surface area contributed by atoms with Gasteiger partial charge in [-0.15, -0.1) is 13.2 Å². The van der Waals surface area contributed by atoms with Gasteiger partial charge >= 0.3 is 12.3 Å². The lowest BCUT2D eigenvalue weighted by molar-refractivity contribution is -0.274. The van der Waals surface area contributed by atoms with Gasteiger partial charge in [0.15, 0.2) is 0 Å². The minimum absolute atomic E-state index is 0.0115. The second-order valence-electron chi connectivity index (χ2n) is 5.81. The lowest BCUT2D eigenvalue weighted by Crippen LogP contribution is -2.46.